The fourth-order valence-corrected chi connectivity index (χ4v) is 1.80. The minimum Gasteiger partial charge on any atom is -0.465 e. The molecule has 0 aliphatic rings. The Labute approximate surface area is 120 Å². The van der Waals surface area contributed by atoms with Gasteiger partial charge in [-0.25, -0.2) is 9.78 Å². The molecular weight excluding hydrogens is 274 g/mol. The molecule has 1 aromatic carbocycles. The van der Waals surface area contributed by atoms with E-state index in [1.165, 1.54) is 13.3 Å². The Morgan fingerprint density at radius 3 is 2.67 bits per heavy atom. The lowest BCUT2D eigenvalue weighted by atomic mass is 10.1. The fraction of sp³-hybridized carbons (Fsp3) is 0.143. The highest BCUT2D eigenvalue weighted by Gasteiger charge is 2.16. The van der Waals surface area contributed by atoms with E-state index in [1.807, 2.05) is 0 Å². The third-order valence-corrected chi connectivity index (χ3v) is 2.90. The summed E-state index contributed by atoms with van der Waals surface area (Å²) in [5.41, 5.74) is 1.76. The Kier molecular flexibility index (Phi) is 4.45. The number of methoxy groups -OCH3 is 1. The quantitative estimate of drug-likeness (QED) is 0.514. The van der Waals surface area contributed by atoms with Crippen LogP contribution in [0, 0.1) is 10.1 Å². The summed E-state index contributed by atoms with van der Waals surface area (Å²) in [5, 5.41) is 13.9. The van der Waals surface area contributed by atoms with Crippen molar-refractivity contribution in [3.8, 4) is 0 Å². The van der Waals surface area contributed by atoms with Crippen LogP contribution in [-0.2, 0) is 11.3 Å². The summed E-state index contributed by atoms with van der Waals surface area (Å²) in [4.78, 5) is 24.4. The van der Waals surface area contributed by atoms with Crippen molar-refractivity contribution in [1.82, 2.24) is 0 Å². The molecule has 0 amide bonds. The van der Waals surface area contributed by atoms with Crippen molar-refractivity contribution in [3.63, 3.8) is 0 Å². The largest absolute Gasteiger partial charge is 0.465 e. The van der Waals surface area contributed by atoms with E-state index in [0.717, 1.165) is 5.56 Å². The minimum absolute atomic E-state index is 0.0244. The maximum Gasteiger partial charge on any atom is 0.355 e. The van der Waals surface area contributed by atoms with Crippen molar-refractivity contribution in [2.24, 2.45) is 0 Å². The van der Waals surface area contributed by atoms with Crippen LogP contribution >= 0.6 is 0 Å². The van der Waals surface area contributed by atoms with Gasteiger partial charge in [0, 0.05) is 12.6 Å². The van der Waals surface area contributed by atoms with Gasteiger partial charge in [0.15, 0.2) is 6.20 Å². The monoisotopic (exact) mass is 288 g/mol. The number of hydrogen-bond donors (Lipinski definition) is 1. The molecule has 0 aliphatic heterocycles. The molecule has 1 heterocycles. The number of carbonyl (C=O) groups excluding carboxylic acids is 1. The van der Waals surface area contributed by atoms with Crippen molar-refractivity contribution in [3.05, 3.63) is 64.0 Å². The molecule has 0 saturated heterocycles. The fourth-order valence-electron chi connectivity index (χ4n) is 1.80. The van der Waals surface area contributed by atoms with E-state index in [1.54, 1.807) is 36.5 Å². The zero-order valence-corrected chi connectivity index (χ0v) is 11.3. The van der Waals surface area contributed by atoms with E-state index < -0.39 is 10.9 Å². The summed E-state index contributed by atoms with van der Waals surface area (Å²) in [7, 11) is 1.32. The number of benzene rings is 1. The SMILES string of the molecule is COC(=O)c1ccc(CNc2cc[nH+]cc2[N+](=O)[O-])cc1. The number of rotatable bonds is 5. The highest BCUT2D eigenvalue weighted by atomic mass is 16.6. The second-order valence-corrected chi connectivity index (χ2v) is 4.24. The molecule has 7 nitrogen and oxygen atoms in total. The van der Waals surface area contributed by atoms with Gasteiger partial charge in [0.25, 0.3) is 0 Å². The van der Waals surface area contributed by atoms with Crippen LogP contribution in [0.25, 0.3) is 0 Å². The first-order chi connectivity index (χ1) is 10.1. The van der Waals surface area contributed by atoms with E-state index in [2.05, 4.69) is 15.0 Å². The molecule has 0 atom stereocenters. The van der Waals surface area contributed by atoms with Crippen LogP contribution in [0.5, 0.6) is 0 Å². The average molecular weight is 288 g/mol. The van der Waals surface area contributed by atoms with E-state index in [9.17, 15) is 14.9 Å². The maximum atomic E-state index is 11.3. The van der Waals surface area contributed by atoms with Crippen LogP contribution < -0.4 is 10.3 Å². The number of pyridine rings is 1. The maximum absolute atomic E-state index is 11.3. The van der Waals surface area contributed by atoms with Gasteiger partial charge in [-0.05, 0) is 17.7 Å². The van der Waals surface area contributed by atoms with E-state index in [-0.39, 0.29) is 5.69 Å². The summed E-state index contributed by atoms with van der Waals surface area (Å²) in [6.07, 6.45) is 2.93. The number of nitrogens with one attached hydrogen (secondary N) is 2. The van der Waals surface area contributed by atoms with Gasteiger partial charge in [-0.1, -0.05) is 12.1 Å². The summed E-state index contributed by atoms with van der Waals surface area (Å²) in [6.45, 7) is 0.409. The molecule has 2 aromatic rings. The Hall–Kier alpha value is -2.96. The van der Waals surface area contributed by atoms with Gasteiger partial charge < -0.3 is 10.1 Å². The van der Waals surface area contributed by atoms with Gasteiger partial charge in [-0.3, -0.25) is 10.1 Å². The predicted molar refractivity (Wildman–Crippen MR) is 74.8 cm³/mol. The van der Waals surface area contributed by atoms with Gasteiger partial charge in [0.1, 0.15) is 5.69 Å². The molecule has 2 rings (SSSR count). The molecule has 108 valence electrons. The predicted octanol–water partition coefficient (Wildman–Crippen LogP) is 1.81. The van der Waals surface area contributed by atoms with Crippen LogP contribution in [-0.4, -0.2) is 18.0 Å². The number of anilines is 1. The molecule has 1 aromatic heterocycles. The normalized spacial score (nSPS) is 9.95. The van der Waals surface area contributed by atoms with Gasteiger partial charge >= 0.3 is 11.7 Å². The standard InChI is InChI=1S/C14H13N3O4/c1-21-14(18)11-4-2-10(3-5-11)8-16-12-6-7-15-9-13(12)17(19)20/h2-7,9H,8H2,1H3,(H,15,16)/p+1. The van der Waals surface area contributed by atoms with Crippen LogP contribution in [0.2, 0.25) is 0 Å². The third kappa shape index (κ3) is 3.53. The first kappa shape index (κ1) is 14.4. The number of esters is 1. The van der Waals surface area contributed by atoms with Crippen molar-refractivity contribution in [2.75, 3.05) is 12.4 Å². The van der Waals surface area contributed by atoms with Crippen LogP contribution in [0.1, 0.15) is 15.9 Å². The molecule has 0 bridgehead atoms. The Balaban J connectivity index is 2.07. The van der Waals surface area contributed by atoms with E-state index in [0.29, 0.717) is 17.8 Å². The molecule has 21 heavy (non-hydrogen) atoms. The smallest absolute Gasteiger partial charge is 0.355 e. The summed E-state index contributed by atoms with van der Waals surface area (Å²) < 4.78 is 4.61. The van der Waals surface area contributed by atoms with Crippen LogP contribution in [0.4, 0.5) is 11.4 Å². The zero-order valence-electron chi connectivity index (χ0n) is 11.3. The van der Waals surface area contributed by atoms with Crippen molar-refractivity contribution < 1.29 is 19.4 Å². The van der Waals surface area contributed by atoms with Crippen LogP contribution in [0.15, 0.2) is 42.7 Å². The second-order valence-electron chi connectivity index (χ2n) is 4.24. The number of hydrogen-bond acceptors (Lipinski definition) is 5. The van der Waals surface area contributed by atoms with Crippen molar-refractivity contribution in [2.45, 2.75) is 6.54 Å². The Morgan fingerprint density at radius 1 is 1.33 bits per heavy atom. The number of aromatic amines is 1. The van der Waals surface area contributed by atoms with E-state index >= 15 is 0 Å². The Bertz CT molecular complexity index is 656. The molecule has 7 heteroatoms. The number of H-pyrrole nitrogens is 1. The number of ether oxygens (including phenoxy) is 1. The highest BCUT2D eigenvalue weighted by molar-refractivity contribution is 5.89. The molecule has 0 spiro atoms. The Morgan fingerprint density at radius 2 is 2.05 bits per heavy atom. The molecule has 0 fully saturated rings. The van der Waals surface area contributed by atoms with Gasteiger partial charge in [0.2, 0.25) is 6.20 Å². The molecule has 0 unspecified atom stereocenters. The molecule has 0 radical (unpaired) electrons. The molecule has 2 N–H and O–H groups in total. The lowest BCUT2D eigenvalue weighted by molar-refractivity contribution is -0.419. The number of nitrogens with zero attached hydrogens (tertiary/aromatic N) is 1. The minimum atomic E-state index is -0.459. The lowest BCUT2D eigenvalue weighted by Gasteiger charge is -2.06. The summed E-state index contributed by atoms with van der Waals surface area (Å²) in [5.74, 6) is -0.399. The first-order valence-electron chi connectivity index (χ1n) is 6.17. The summed E-state index contributed by atoms with van der Waals surface area (Å²) >= 11 is 0. The number of aromatic nitrogens is 1. The molecular formula is C14H14N3O4+. The molecule has 0 aliphatic carbocycles. The van der Waals surface area contributed by atoms with Crippen molar-refractivity contribution in [1.29, 1.82) is 0 Å². The van der Waals surface area contributed by atoms with Gasteiger partial charge in [-0.15, -0.1) is 0 Å². The first-order valence-corrected chi connectivity index (χ1v) is 6.17. The highest BCUT2D eigenvalue weighted by Crippen LogP contribution is 2.21. The van der Waals surface area contributed by atoms with E-state index in [4.69, 9.17) is 0 Å². The zero-order chi connectivity index (χ0) is 15.2. The van der Waals surface area contributed by atoms with Gasteiger partial charge in [-0.2, -0.15) is 0 Å². The number of nitro groups is 1. The van der Waals surface area contributed by atoms with Crippen LogP contribution in [0.3, 0.4) is 0 Å². The topological polar surface area (TPSA) is 95.6 Å². The van der Waals surface area contributed by atoms with Gasteiger partial charge in [0.05, 0.1) is 17.6 Å². The second kappa shape index (κ2) is 6.47. The lowest BCUT2D eigenvalue weighted by Crippen LogP contribution is -2.08. The average Bonchev–Trinajstić information content (AvgIpc) is 2.52. The van der Waals surface area contributed by atoms with Crippen molar-refractivity contribution >= 4 is 17.3 Å². The molecule has 0 saturated carbocycles. The summed E-state index contributed by atoms with van der Waals surface area (Å²) in [6, 6.07) is 8.42. The number of carbonyl (C=O) groups is 1. The third-order valence-electron chi connectivity index (χ3n) is 2.90.